The second-order valence-corrected chi connectivity index (χ2v) is 8.85. The first-order valence-electron chi connectivity index (χ1n) is 9.58. The summed E-state index contributed by atoms with van der Waals surface area (Å²) in [5.74, 6) is 0.999. The van der Waals surface area contributed by atoms with Crippen LogP contribution in [0.3, 0.4) is 0 Å². The van der Waals surface area contributed by atoms with Crippen LogP contribution in [0.15, 0.2) is 12.7 Å². The molecule has 0 radical (unpaired) electrons. The Morgan fingerprint density at radius 3 is 2.18 bits per heavy atom. The Kier molecular flexibility index (Phi) is 8.66. The molecule has 0 N–H and O–H groups in total. The van der Waals surface area contributed by atoms with E-state index in [4.69, 9.17) is 0 Å². The van der Waals surface area contributed by atoms with E-state index in [9.17, 15) is 4.79 Å². The number of hydrogen-bond donors (Lipinski definition) is 0. The van der Waals surface area contributed by atoms with E-state index in [-0.39, 0.29) is 0 Å². The van der Waals surface area contributed by atoms with Crippen LogP contribution in [0.4, 0.5) is 0 Å². The minimum absolute atomic E-state index is 0.412. The van der Waals surface area contributed by atoms with E-state index >= 15 is 0 Å². The fraction of sp³-hybridized carbons (Fsp3) is 0.850. The summed E-state index contributed by atoms with van der Waals surface area (Å²) in [6.45, 7) is 3.76. The summed E-state index contributed by atoms with van der Waals surface area (Å²) in [7, 11) is 0. The van der Waals surface area contributed by atoms with Gasteiger partial charge in [0.15, 0.2) is 0 Å². The Labute approximate surface area is 141 Å². The van der Waals surface area contributed by atoms with Crippen LogP contribution in [0, 0.1) is 5.92 Å². The Hall–Kier alpha value is -0.240. The van der Waals surface area contributed by atoms with Crippen molar-refractivity contribution in [1.82, 2.24) is 0 Å². The molecule has 126 valence electrons. The van der Waals surface area contributed by atoms with Crippen molar-refractivity contribution in [2.75, 3.05) is 0 Å². The monoisotopic (exact) mass is 322 g/mol. The number of carbonyl (C=O) groups excluding carboxylic acids is 1. The fourth-order valence-electron chi connectivity index (χ4n) is 4.00. The summed E-state index contributed by atoms with van der Waals surface area (Å²) in [5, 5.41) is 1.61. The zero-order chi connectivity index (χ0) is 15.6. The predicted octanol–water partition coefficient (Wildman–Crippen LogP) is 6.32. The number of Topliss-reactive ketones (excluding diaryl/α,β-unsaturated/α-hetero) is 1. The molecule has 2 rings (SSSR count). The first-order valence-corrected chi connectivity index (χ1v) is 10.5. The average molecular weight is 323 g/mol. The summed E-state index contributed by atoms with van der Waals surface area (Å²) >= 11 is 2.18. The standard InChI is InChI=1S/C20H34OS/c1-2-3-4-5-6-7-8-9-10-14-20(21)17-15-18-12-11-13-19(16-17)22-18/h2,17-19H,1,3-16H2. The van der Waals surface area contributed by atoms with Crippen molar-refractivity contribution in [2.45, 2.75) is 100 Å². The lowest BCUT2D eigenvalue weighted by Crippen LogP contribution is -2.32. The normalized spacial score (nSPS) is 27.5. The molecule has 2 saturated heterocycles. The van der Waals surface area contributed by atoms with Crippen LogP contribution in [0.2, 0.25) is 0 Å². The molecule has 0 amide bonds. The number of ketones is 1. The first kappa shape index (κ1) is 18.1. The van der Waals surface area contributed by atoms with Gasteiger partial charge in [-0.3, -0.25) is 4.79 Å². The van der Waals surface area contributed by atoms with Crippen molar-refractivity contribution >= 4 is 17.5 Å². The molecule has 0 aliphatic carbocycles. The molecule has 2 unspecified atom stereocenters. The van der Waals surface area contributed by atoms with Gasteiger partial charge in [-0.2, -0.15) is 11.8 Å². The van der Waals surface area contributed by atoms with E-state index in [0.29, 0.717) is 11.7 Å². The minimum atomic E-state index is 0.412. The summed E-state index contributed by atoms with van der Waals surface area (Å²) in [6.07, 6.45) is 19.5. The van der Waals surface area contributed by atoms with Gasteiger partial charge in [0.2, 0.25) is 0 Å². The molecule has 2 aliphatic heterocycles. The number of carbonyl (C=O) groups is 1. The zero-order valence-corrected chi connectivity index (χ0v) is 15.0. The molecule has 2 fully saturated rings. The lowest BCUT2D eigenvalue weighted by Gasteiger charge is -2.38. The molecule has 0 aromatic heterocycles. The van der Waals surface area contributed by atoms with E-state index in [0.717, 1.165) is 29.8 Å². The number of thioether (sulfide) groups is 1. The Balaban J connectivity index is 1.48. The van der Waals surface area contributed by atoms with Crippen LogP contribution >= 0.6 is 11.8 Å². The van der Waals surface area contributed by atoms with E-state index in [1.54, 1.807) is 0 Å². The SMILES string of the molecule is C=CCCCCCCCCCC(=O)C1CC2CCCC(C1)S2. The van der Waals surface area contributed by atoms with Crippen LogP contribution in [0.1, 0.15) is 89.9 Å². The number of rotatable bonds is 11. The molecule has 22 heavy (non-hydrogen) atoms. The number of allylic oxidation sites excluding steroid dienone is 1. The van der Waals surface area contributed by atoms with Gasteiger partial charge in [0.1, 0.15) is 5.78 Å². The zero-order valence-electron chi connectivity index (χ0n) is 14.2. The number of hydrogen-bond acceptors (Lipinski definition) is 2. The maximum Gasteiger partial charge on any atom is 0.136 e. The molecule has 0 saturated carbocycles. The van der Waals surface area contributed by atoms with Crippen LogP contribution in [-0.4, -0.2) is 16.3 Å². The highest BCUT2D eigenvalue weighted by Gasteiger charge is 2.34. The number of fused-ring (bicyclic) bond motifs is 2. The summed E-state index contributed by atoms with van der Waals surface area (Å²) in [5.41, 5.74) is 0. The second-order valence-electron chi connectivity index (χ2n) is 7.25. The summed E-state index contributed by atoms with van der Waals surface area (Å²) in [4.78, 5) is 12.4. The van der Waals surface area contributed by atoms with Crippen molar-refractivity contribution < 1.29 is 4.79 Å². The smallest absolute Gasteiger partial charge is 0.136 e. The van der Waals surface area contributed by atoms with Gasteiger partial charge in [0.25, 0.3) is 0 Å². The Morgan fingerprint density at radius 2 is 1.55 bits per heavy atom. The summed E-state index contributed by atoms with van der Waals surface area (Å²) < 4.78 is 0. The highest BCUT2D eigenvalue weighted by molar-refractivity contribution is 8.00. The minimum Gasteiger partial charge on any atom is -0.299 e. The molecule has 2 aliphatic rings. The highest BCUT2D eigenvalue weighted by Crippen LogP contribution is 2.44. The maximum atomic E-state index is 12.4. The van der Waals surface area contributed by atoms with E-state index < -0.39 is 0 Å². The average Bonchev–Trinajstić information content (AvgIpc) is 2.52. The molecular weight excluding hydrogens is 288 g/mol. The second kappa shape index (κ2) is 10.5. The lowest BCUT2D eigenvalue weighted by atomic mass is 9.85. The van der Waals surface area contributed by atoms with Crippen molar-refractivity contribution in [3.63, 3.8) is 0 Å². The lowest BCUT2D eigenvalue weighted by molar-refractivity contribution is -0.123. The third kappa shape index (κ3) is 6.48. The number of unbranched alkanes of at least 4 members (excludes halogenated alkanes) is 7. The van der Waals surface area contributed by atoms with Crippen molar-refractivity contribution in [2.24, 2.45) is 5.92 Å². The van der Waals surface area contributed by atoms with Gasteiger partial charge in [-0.15, -0.1) is 6.58 Å². The summed E-state index contributed by atoms with van der Waals surface area (Å²) in [6, 6.07) is 0. The quantitative estimate of drug-likeness (QED) is 0.327. The van der Waals surface area contributed by atoms with E-state index in [1.165, 1.54) is 70.6 Å². The van der Waals surface area contributed by atoms with Gasteiger partial charge in [0.05, 0.1) is 0 Å². The van der Waals surface area contributed by atoms with Crippen LogP contribution in [0.5, 0.6) is 0 Å². The Bertz CT molecular complexity index is 327. The molecule has 0 aromatic rings. The van der Waals surface area contributed by atoms with Gasteiger partial charge in [-0.05, 0) is 44.9 Å². The molecule has 1 nitrogen and oxygen atoms in total. The fourth-order valence-corrected chi connectivity index (χ4v) is 5.83. The predicted molar refractivity (Wildman–Crippen MR) is 98.5 cm³/mol. The third-order valence-electron chi connectivity index (χ3n) is 5.32. The topological polar surface area (TPSA) is 17.1 Å². The molecular formula is C20H34OS. The molecule has 2 heteroatoms. The van der Waals surface area contributed by atoms with Crippen molar-refractivity contribution in [1.29, 1.82) is 0 Å². The Morgan fingerprint density at radius 1 is 0.955 bits per heavy atom. The highest BCUT2D eigenvalue weighted by atomic mass is 32.2. The third-order valence-corrected chi connectivity index (χ3v) is 6.94. The van der Waals surface area contributed by atoms with E-state index in [1.807, 2.05) is 6.08 Å². The van der Waals surface area contributed by atoms with Gasteiger partial charge in [-0.25, -0.2) is 0 Å². The molecule has 0 aromatic carbocycles. The van der Waals surface area contributed by atoms with Gasteiger partial charge in [-0.1, -0.05) is 44.6 Å². The molecule has 2 atom stereocenters. The first-order chi connectivity index (χ1) is 10.8. The van der Waals surface area contributed by atoms with Gasteiger partial charge in [0, 0.05) is 22.8 Å². The maximum absolute atomic E-state index is 12.4. The molecule has 2 bridgehead atoms. The van der Waals surface area contributed by atoms with Gasteiger partial charge >= 0.3 is 0 Å². The van der Waals surface area contributed by atoms with Crippen molar-refractivity contribution in [3.05, 3.63) is 12.7 Å². The largest absolute Gasteiger partial charge is 0.299 e. The van der Waals surface area contributed by atoms with Crippen molar-refractivity contribution in [3.8, 4) is 0 Å². The molecule has 0 spiro atoms. The van der Waals surface area contributed by atoms with E-state index in [2.05, 4.69) is 18.3 Å². The van der Waals surface area contributed by atoms with Crippen LogP contribution in [-0.2, 0) is 4.79 Å². The van der Waals surface area contributed by atoms with Gasteiger partial charge < -0.3 is 0 Å². The molecule has 2 heterocycles. The van der Waals surface area contributed by atoms with Crippen LogP contribution < -0.4 is 0 Å². The van der Waals surface area contributed by atoms with Crippen LogP contribution in [0.25, 0.3) is 0 Å².